The molecule has 2 aromatic rings. The van der Waals surface area contributed by atoms with Crippen LogP contribution in [0.2, 0.25) is 0 Å². The summed E-state index contributed by atoms with van der Waals surface area (Å²) in [5.74, 6) is -1.35. The zero-order valence-electron chi connectivity index (χ0n) is 13.9. The minimum Gasteiger partial charge on any atom is -0.324 e. The van der Waals surface area contributed by atoms with Gasteiger partial charge in [-0.3, -0.25) is 5.32 Å². The second kappa shape index (κ2) is 6.96. The number of anilines is 1. The molecule has 1 aliphatic heterocycles. The van der Waals surface area contributed by atoms with E-state index in [1.807, 2.05) is 13.0 Å². The Balaban J connectivity index is 1.65. The molecule has 1 aromatic carbocycles. The van der Waals surface area contributed by atoms with Crippen molar-refractivity contribution in [2.24, 2.45) is 13.0 Å². The van der Waals surface area contributed by atoms with Crippen LogP contribution in [0.1, 0.15) is 18.9 Å². The summed E-state index contributed by atoms with van der Waals surface area (Å²) in [4.78, 5) is 14.0. The maximum Gasteiger partial charge on any atom is 0.324 e. The molecule has 132 valence electrons. The number of carbonyl (C=O) groups is 1. The molecule has 0 bridgehead atoms. The first-order chi connectivity index (χ1) is 11.9. The van der Waals surface area contributed by atoms with E-state index in [-0.39, 0.29) is 17.9 Å². The number of benzene rings is 1. The van der Waals surface area contributed by atoms with Gasteiger partial charge in [0, 0.05) is 20.1 Å². The van der Waals surface area contributed by atoms with Crippen molar-refractivity contribution >= 4 is 18.1 Å². The highest BCUT2D eigenvalue weighted by molar-refractivity contribution is 5.87. The van der Waals surface area contributed by atoms with E-state index < -0.39 is 11.6 Å². The van der Waals surface area contributed by atoms with Crippen molar-refractivity contribution in [3.05, 3.63) is 41.0 Å². The fourth-order valence-electron chi connectivity index (χ4n) is 2.77. The van der Waals surface area contributed by atoms with Gasteiger partial charge in [-0.05, 0) is 40.5 Å². The SMILES string of the molecule is CC1CN(C(=O)Nc2nnnn2C)CC/C1=C\c1ccc(F)c(F)c1. The number of likely N-dealkylation sites (tertiary alicyclic amines) is 1. The smallest absolute Gasteiger partial charge is 0.324 e. The molecule has 0 saturated carbocycles. The normalized spacial score (nSPS) is 19.3. The van der Waals surface area contributed by atoms with Gasteiger partial charge in [-0.25, -0.2) is 18.3 Å². The van der Waals surface area contributed by atoms with Crippen molar-refractivity contribution < 1.29 is 13.6 Å². The van der Waals surface area contributed by atoms with Crippen LogP contribution in [0, 0.1) is 17.6 Å². The summed E-state index contributed by atoms with van der Waals surface area (Å²) in [6.45, 7) is 3.04. The summed E-state index contributed by atoms with van der Waals surface area (Å²) in [6, 6.07) is 3.56. The Bertz CT molecular complexity index is 819. The molecule has 1 unspecified atom stereocenters. The van der Waals surface area contributed by atoms with Gasteiger partial charge in [-0.1, -0.05) is 29.7 Å². The van der Waals surface area contributed by atoms with Gasteiger partial charge in [-0.15, -0.1) is 0 Å². The average Bonchev–Trinajstić information content (AvgIpc) is 2.97. The quantitative estimate of drug-likeness (QED) is 0.904. The average molecular weight is 348 g/mol. The van der Waals surface area contributed by atoms with Crippen molar-refractivity contribution in [3.63, 3.8) is 0 Å². The number of aryl methyl sites for hydroxylation is 1. The van der Waals surface area contributed by atoms with Gasteiger partial charge < -0.3 is 4.90 Å². The van der Waals surface area contributed by atoms with Crippen LogP contribution in [0.3, 0.4) is 0 Å². The van der Waals surface area contributed by atoms with E-state index in [9.17, 15) is 13.6 Å². The lowest BCUT2D eigenvalue weighted by Gasteiger charge is -2.33. The van der Waals surface area contributed by atoms with Gasteiger partial charge in [0.25, 0.3) is 5.95 Å². The third kappa shape index (κ3) is 3.81. The maximum absolute atomic E-state index is 13.3. The number of piperidine rings is 1. The minimum absolute atomic E-state index is 0.102. The Morgan fingerprint density at radius 3 is 2.80 bits per heavy atom. The summed E-state index contributed by atoms with van der Waals surface area (Å²) in [5.41, 5.74) is 1.71. The van der Waals surface area contributed by atoms with Crippen LogP contribution in [0.4, 0.5) is 19.5 Å². The second-order valence-corrected chi connectivity index (χ2v) is 6.05. The molecule has 0 aliphatic carbocycles. The molecule has 1 aromatic heterocycles. The van der Waals surface area contributed by atoms with Crippen molar-refractivity contribution in [3.8, 4) is 0 Å². The number of rotatable bonds is 2. The van der Waals surface area contributed by atoms with Crippen molar-refractivity contribution in [1.82, 2.24) is 25.1 Å². The predicted octanol–water partition coefficient (Wildman–Crippen LogP) is 2.45. The third-order valence-corrected chi connectivity index (χ3v) is 4.22. The van der Waals surface area contributed by atoms with E-state index in [0.29, 0.717) is 25.1 Å². The van der Waals surface area contributed by atoms with Crippen LogP contribution in [-0.4, -0.2) is 44.2 Å². The van der Waals surface area contributed by atoms with Gasteiger partial charge in [0.05, 0.1) is 0 Å². The number of urea groups is 1. The molecule has 0 spiro atoms. The maximum atomic E-state index is 13.3. The largest absolute Gasteiger partial charge is 0.324 e. The highest BCUT2D eigenvalue weighted by Gasteiger charge is 2.25. The van der Waals surface area contributed by atoms with Crippen LogP contribution in [0.15, 0.2) is 23.8 Å². The number of aromatic nitrogens is 4. The van der Waals surface area contributed by atoms with E-state index >= 15 is 0 Å². The van der Waals surface area contributed by atoms with Crippen molar-refractivity contribution in [2.45, 2.75) is 13.3 Å². The van der Waals surface area contributed by atoms with Gasteiger partial charge in [0.1, 0.15) is 0 Å². The molecular weight excluding hydrogens is 330 g/mol. The fraction of sp³-hybridized carbons (Fsp3) is 0.375. The first-order valence-corrected chi connectivity index (χ1v) is 7.88. The van der Waals surface area contributed by atoms with Crippen molar-refractivity contribution in [2.75, 3.05) is 18.4 Å². The Morgan fingerprint density at radius 2 is 2.16 bits per heavy atom. The minimum atomic E-state index is -0.865. The molecule has 25 heavy (non-hydrogen) atoms. The first-order valence-electron chi connectivity index (χ1n) is 7.88. The second-order valence-electron chi connectivity index (χ2n) is 6.05. The molecule has 1 N–H and O–H groups in total. The van der Waals surface area contributed by atoms with E-state index in [0.717, 1.165) is 11.6 Å². The summed E-state index contributed by atoms with van der Waals surface area (Å²) in [7, 11) is 1.64. The Morgan fingerprint density at radius 1 is 1.36 bits per heavy atom. The zero-order chi connectivity index (χ0) is 18.0. The van der Waals surface area contributed by atoms with Crippen LogP contribution >= 0.6 is 0 Å². The lowest BCUT2D eigenvalue weighted by Crippen LogP contribution is -2.42. The molecule has 1 fully saturated rings. The van der Waals surface area contributed by atoms with Gasteiger partial charge in [0.2, 0.25) is 0 Å². The van der Waals surface area contributed by atoms with Crippen molar-refractivity contribution in [1.29, 1.82) is 0 Å². The number of hydrogen-bond donors (Lipinski definition) is 1. The van der Waals surface area contributed by atoms with Crippen LogP contribution in [-0.2, 0) is 7.05 Å². The third-order valence-electron chi connectivity index (χ3n) is 4.22. The van der Waals surface area contributed by atoms with Gasteiger partial charge >= 0.3 is 6.03 Å². The molecule has 2 amide bonds. The standard InChI is InChI=1S/C16H18F2N6O/c1-10-9-24(16(25)19-15-20-21-22-23(15)2)6-5-12(10)7-11-3-4-13(17)14(18)8-11/h3-4,7-8,10H,5-6,9H2,1-2H3,(H,19,20,22,25)/b12-7+. The van der Waals surface area contributed by atoms with E-state index in [1.165, 1.54) is 16.8 Å². The number of halogens is 2. The van der Waals surface area contributed by atoms with E-state index in [2.05, 4.69) is 20.8 Å². The highest BCUT2D eigenvalue weighted by atomic mass is 19.2. The fourth-order valence-corrected chi connectivity index (χ4v) is 2.77. The summed E-state index contributed by atoms with van der Waals surface area (Å²) >= 11 is 0. The lowest BCUT2D eigenvalue weighted by atomic mass is 9.91. The summed E-state index contributed by atoms with van der Waals surface area (Å²) in [6.07, 6.45) is 2.51. The van der Waals surface area contributed by atoms with Crippen LogP contribution < -0.4 is 5.32 Å². The van der Waals surface area contributed by atoms with Gasteiger partial charge in [0.15, 0.2) is 11.6 Å². The summed E-state index contributed by atoms with van der Waals surface area (Å²) in [5, 5.41) is 13.5. The number of nitrogens with zero attached hydrogens (tertiary/aromatic N) is 5. The number of amides is 2. The van der Waals surface area contributed by atoms with Crippen LogP contribution in [0.25, 0.3) is 6.08 Å². The molecule has 0 radical (unpaired) electrons. The zero-order valence-corrected chi connectivity index (χ0v) is 13.9. The number of tetrazole rings is 1. The molecule has 2 heterocycles. The highest BCUT2D eigenvalue weighted by Crippen LogP contribution is 2.25. The molecule has 9 heteroatoms. The molecule has 1 atom stereocenters. The molecule has 7 nitrogen and oxygen atoms in total. The number of carbonyl (C=O) groups excluding carboxylic acids is 1. The predicted molar refractivity (Wildman–Crippen MR) is 87.5 cm³/mol. The molecule has 1 aliphatic rings. The molecule has 1 saturated heterocycles. The Kier molecular flexibility index (Phi) is 4.73. The Labute approximate surface area is 143 Å². The number of nitrogens with one attached hydrogen (secondary N) is 1. The lowest BCUT2D eigenvalue weighted by molar-refractivity contribution is 0.197. The molecular formula is C16H18F2N6O. The first kappa shape index (κ1) is 17.0. The van der Waals surface area contributed by atoms with E-state index in [4.69, 9.17) is 0 Å². The van der Waals surface area contributed by atoms with Gasteiger partial charge in [-0.2, -0.15) is 0 Å². The Hall–Kier alpha value is -2.84. The molecule has 3 rings (SSSR count). The summed E-state index contributed by atoms with van der Waals surface area (Å²) < 4.78 is 27.7. The topological polar surface area (TPSA) is 75.9 Å². The monoisotopic (exact) mass is 348 g/mol. The number of hydrogen-bond acceptors (Lipinski definition) is 4. The van der Waals surface area contributed by atoms with Crippen LogP contribution in [0.5, 0.6) is 0 Å². The van der Waals surface area contributed by atoms with E-state index in [1.54, 1.807) is 11.9 Å².